The number of aromatic nitrogens is 1. The minimum absolute atomic E-state index is 0.00360. The molecule has 6 nitrogen and oxygen atoms in total. The number of nitro groups is 1. The lowest BCUT2D eigenvalue weighted by atomic mass is 9.93. The van der Waals surface area contributed by atoms with Crippen LogP contribution in [0.2, 0.25) is 5.02 Å². The van der Waals surface area contributed by atoms with Crippen LogP contribution >= 0.6 is 11.6 Å². The summed E-state index contributed by atoms with van der Waals surface area (Å²) in [7, 11) is 0. The molecule has 0 amide bonds. The van der Waals surface area contributed by atoms with Gasteiger partial charge in [0.05, 0.1) is 9.95 Å². The van der Waals surface area contributed by atoms with E-state index in [0.29, 0.717) is 28.7 Å². The van der Waals surface area contributed by atoms with Gasteiger partial charge in [0.25, 0.3) is 0 Å². The molecule has 108 valence electrons. The molecule has 2 aliphatic rings. The molecule has 3 atom stereocenters. The molecule has 3 heterocycles. The molecule has 3 unspecified atom stereocenters. The van der Waals surface area contributed by atoms with Crippen molar-refractivity contribution in [1.29, 1.82) is 0 Å². The van der Waals surface area contributed by atoms with Gasteiger partial charge in [0.15, 0.2) is 0 Å². The monoisotopic (exact) mass is 296 g/mol. The van der Waals surface area contributed by atoms with E-state index in [1.807, 2.05) is 0 Å². The van der Waals surface area contributed by atoms with Crippen LogP contribution in [0.5, 0.6) is 0 Å². The van der Waals surface area contributed by atoms with Crippen LogP contribution in [0.15, 0.2) is 12.3 Å². The maximum absolute atomic E-state index is 11.2. The predicted octanol–water partition coefficient (Wildman–Crippen LogP) is 2.08. The molecular formula is C13H17ClN4O2. The predicted molar refractivity (Wildman–Crippen MR) is 77.2 cm³/mol. The van der Waals surface area contributed by atoms with Gasteiger partial charge in [0, 0.05) is 37.9 Å². The Morgan fingerprint density at radius 2 is 2.40 bits per heavy atom. The Bertz CT molecular complexity index is 539. The van der Waals surface area contributed by atoms with Crippen LogP contribution in [0.25, 0.3) is 0 Å². The molecule has 0 saturated carbocycles. The van der Waals surface area contributed by atoms with E-state index in [1.165, 1.54) is 12.3 Å². The first-order valence-electron chi connectivity index (χ1n) is 6.89. The van der Waals surface area contributed by atoms with E-state index in [2.05, 4.69) is 22.1 Å². The van der Waals surface area contributed by atoms with Crippen molar-refractivity contribution < 1.29 is 4.92 Å². The van der Waals surface area contributed by atoms with Crippen molar-refractivity contribution in [2.75, 3.05) is 24.5 Å². The molecule has 2 saturated heterocycles. The Morgan fingerprint density at radius 1 is 1.60 bits per heavy atom. The third-order valence-corrected chi connectivity index (χ3v) is 4.63. The average molecular weight is 297 g/mol. The van der Waals surface area contributed by atoms with Gasteiger partial charge in [-0.3, -0.25) is 10.1 Å². The van der Waals surface area contributed by atoms with E-state index in [0.717, 1.165) is 26.1 Å². The Labute approximate surface area is 122 Å². The Balaban J connectivity index is 1.98. The highest BCUT2D eigenvalue weighted by atomic mass is 35.5. The van der Waals surface area contributed by atoms with Gasteiger partial charge >= 0.3 is 5.69 Å². The van der Waals surface area contributed by atoms with Gasteiger partial charge in [-0.25, -0.2) is 4.98 Å². The molecule has 2 aliphatic heterocycles. The van der Waals surface area contributed by atoms with Crippen LogP contribution in [0, 0.1) is 22.0 Å². The summed E-state index contributed by atoms with van der Waals surface area (Å²) in [6, 6.07) is 1.70. The molecule has 0 aliphatic carbocycles. The zero-order valence-electron chi connectivity index (χ0n) is 11.3. The molecule has 3 rings (SSSR count). The fraction of sp³-hybridized carbons (Fsp3) is 0.615. The Morgan fingerprint density at radius 3 is 3.10 bits per heavy atom. The lowest BCUT2D eigenvalue weighted by Crippen LogP contribution is -2.36. The number of nitrogens with one attached hydrogen (secondary N) is 1. The molecule has 1 N–H and O–H groups in total. The quantitative estimate of drug-likeness (QED) is 0.683. The fourth-order valence-corrected chi connectivity index (χ4v) is 3.72. The van der Waals surface area contributed by atoms with E-state index in [1.54, 1.807) is 0 Å². The lowest BCUT2D eigenvalue weighted by molar-refractivity contribution is -0.384. The second kappa shape index (κ2) is 5.18. The zero-order chi connectivity index (χ0) is 14.3. The number of rotatable bonds is 3. The van der Waals surface area contributed by atoms with Gasteiger partial charge in [-0.2, -0.15) is 0 Å². The van der Waals surface area contributed by atoms with Crippen molar-refractivity contribution in [2.24, 2.45) is 11.8 Å². The minimum atomic E-state index is -0.396. The van der Waals surface area contributed by atoms with Crippen molar-refractivity contribution >= 4 is 23.1 Å². The van der Waals surface area contributed by atoms with E-state index in [9.17, 15) is 10.1 Å². The first-order valence-corrected chi connectivity index (χ1v) is 7.27. The van der Waals surface area contributed by atoms with Gasteiger partial charge < -0.3 is 10.2 Å². The van der Waals surface area contributed by atoms with Crippen LogP contribution < -0.4 is 10.2 Å². The highest BCUT2D eigenvalue weighted by Gasteiger charge is 2.45. The number of hydrogen-bond acceptors (Lipinski definition) is 5. The second-order valence-corrected chi connectivity index (χ2v) is 5.90. The van der Waals surface area contributed by atoms with Crippen molar-refractivity contribution in [2.45, 2.75) is 19.4 Å². The molecule has 1 aromatic rings. The summed E-state index contributed by atoms with van der Waals surface area (Å²) in [5, 5.41) is 14.9. The molecular weight excluding hydrogens is 280 g/mol. The molecule has 0 spiro atoms. The van der Waals surface area contributed by atoms with Gasteiger partial charge in [0.2, 0.25) is 5.82 Å². The summed E-state index contributed by atoms with van der Waals surface area (Å²) in [4.78, 5) is 17.2. The van der Waals surface area contributed by atoms with Crippen LogP contribution in [0.1, 0.15) is 13.3 Å². The number of anilines is 1. The van der Waals surface area contributed by atoms with E-state index in [4.69, 9.17) is 11.6 Å². The molecule has 7 heteroatoms. The van der Waals surface area contributed by atoms with E-state index >= 15 is 0 Å². The molecule has 0 bridgehead atoms. The van der Waals surface area contributed by atoms with Crippen LogP contribution in [-0.4, -0.2) is 35.6 Å². The highest BCUT2D eigenvalue weighted by Crippen LogP contribution is 2.40. The molecule has 0 aromatic carbocycles. The zero-order valence-corrected chi connectivity index (χ0v) is 12.0. The number of nitrogens with zero attached hydrogens (tertiary/aromatic N) is 3. The highest BCUT2D eigenvalue weighted by molar-refractivity contribution is 6.30. The lowest BCUT2D eigenvalue weighted by Gasteiger charge is -2.27. The topological polar surface area (TPSA) is 71.3 Å². The normalized spacial score (nSPS) is 28.7. The summed E-state index contributed by atoms with van der Waals surface area (Å²) >= 11 is 5.84. The van der Waals surface area contributed by atoms with Gasteiger partial charge in [-0.15, -0.1) is 0 Å². The summed E-state index contributed by atoms with van der Waals surface area (Å²) in [6.45, 7) is 4.92. The average Bonchev–Trinajstić information content (AvgIpc) is 2.98. The summed E-state index contributed by atoms with van der Waals surface area (Å²) in [6.07, 6.45) is 2.45. The third-order valence-electron chi connectivity index (χ3n) is 4.42. The van der Waals surface area contributed by atoms with Crippen LogP contribution in [0.3, 0.4) is 0 Å². The van der Waals surface area contributed by atoms with Crippen LogP contribution in [0.4, 0.5) is 11.5 Å². The van der Waals surface area contributed by atoms with Crippen molar-refractivity contribution in [1.82, 2.24) is 10.3 Å². The van der Waals surface area contributed by atoms with Crippen molar-refractivity contribution in [3.8, 4) is 0 Å². The number of pyridine rings is 1. The first kappa shape index (κ1) is 13.6. The fourth-order valence-electron chi connectivity index (χ4n) is 3.57. The maximum Gasteiger partial charge on any atom is 0.313 e. The summed E-state index contributed by atoms with van der Waals surface area (Å²) in [5.74, 6) is 1.56. The van der Waals surface area contributed by atoms with Gasteiger partial charge in [-0.1, -0.05) is 18.5 Å². The molecule has 0 radical (unpaired) electrons. The van der Waals surface area contributed by atoms with Gasteiger partial charge in [0.1, 0.15) is 0 Å². The SMILES string of the molecule is CCC1C2CNCC2CN1c1ncc(Cl)cc1[N+](=O)[O-]. The number of fused-ring (bicyclic) bond motifs is 1. The molecule has 1 aromatic heterocycles. The van der Waals surface area contributed by atoms with E-state index in [-0.39, 0.29) is 5.69 Å². The first-order chi connectivity index (χ1) is 9.61. The standard InChI is InChI=1S/C13H17ClN4O2/c1-2-11-10-6-15-4-8(10)7-17(11)13-12(18(19)20)3-9(14)5-16-13/h3,5,8,10-11,15H,2,4,6-7H2,1H3. The smallest absolute Gasteiger partial charge is 0.313 e. The minimum Gasteiger partial charge on any atom is -0.347 e. The second-order valence-electron chi connectivity index (χ2n) is 5.46. The van der Waals surface area contributed by atoms with Gasteiger partial charge in [-0.05, 0) is 18.3 Å². The maximum atomic E-state index is 11.2. The molecule has 2 fully saturated rings. The third kappa shape index (κ3) is 2.13. The summed E-state index contributed by atoms with van der Waals surface area (Å²) in [5.41, 5.74) is 0.00360. The number of hydrogen-bond donors (Lipinski definition) is 1. The van der Waals surface area contributed by atoms with Crippen LogP contribution in [-0.2, 0) is 0 Å². The Hall–Kier alpha value is -1.40. The molecule has 20 heavy (non-hydrogen) atoms. The van der Waals surface area contributed by atoms with Crippen molar-refractivity contribution in [3.05, 3.63) is 27.4 Å². The largest absolute Gasteiger partial charge is 0.347 e. The van der Waals surface area contributed by atoms with Crippen molar-refractivity contribution in [3.63, 3.8) is 0 Å². The Kier molecular flexibility index (Phi) is 3.52. The number of halogens is 1. The summed E-state index contributed by atoms with van der Waals surface area (Å²) < 4.78 is 0. The van der Waals surface area contributed by atoms with E-state index < -0.39 is 4.92 Å².